The molecule has 0 unspecified atom stereocenters. The van der Waals surface area contributed by atoms with Crippen molar-refractivity contribution in [2.75, 3.05) is 61.7 Å². The molecule has 0 spiro atoms. The monoisotopic (exact) mass is 1670 g/mol. The summed E-state index contributed by atoms with van der Waals surface area (Å²) in [5.41, 5.74) is 4.40. The van der Waals surface area contributed by atoms with Crippen molar-refractivity contribution in [1.82, 2.24) is 50.8 Å². The van der Waals surface area contributed by atoms with Crippen LogP contribution in [0.4, 0.5) is 0 Å². The molecule has 4 fully saturated rings. The summed E-state index contributed by atoms with van der Waals surface area (Å²) in [6, 6.07) is 49.9. The number of rotatable bonds is 18. The van der Waals surface area contributed by atoms with E-state index >= 15 is 0 Å². The van der Waals surface area contributed by atoms with E-state index in [1.165, 1.54) is 51.4 Å². The Morgan fingerprint density at radius 3 is 1.10 bits per heavy atom. The second-order valence-electron chi connectivity index (χ2n) is 30.8. The molecule has 0 radical (unpaired) electrons. The number of nitrogens with one attached hydrogen (secondary N) is 4. The number of pyridine rings is 2. The minimum Gasteiger partial charge on any atom is -0.497 e. The molecule has 0 saturated carbocycles. The average Bonchev–Trinajstić information content (AvgIpc) is 1.60. The minimum absolute atomic E-state index is 0.00860. The number of nitrogens with zero attached hydrogens (tertiary/aromatic N) is 9. The number of carbonyl (C=O) groups excluding carboxylic acids is 13. The molecule has 4 atom stereocenters. The van der Waals surface area contributed by atoms with Gasteiger partial charge in [-0.2, -0.15) is 15.8 Å². The molecule has 6 aromatic carbocycles. The fourth-order valence-corrected chi connectivity index (χ4v) is 16.9. The SMILES string of the molecule is COC(=O)Cc1ccc2oc([C@]3(CN4Cc5ccc(OC)cc5C4=O)CC(=O)NC3=O)cc2n1.COc1ccc2c(c1)C(=O)N(C[C@@]1(c3cc4cc(C#N)ccc4o3)CC(=O)NC1=O)C2.COc1ccc2c(c1)C(=O)N(C[C@@]1(c3cc4nc(C#N)ccc4o3)CC(=O)NC1=O)C2.COc1ccc2c(c1)C(=O)N(C[C@@]1(c3ccc(C#N)cc3)CC(=O)NC1=O)C2. The van der Waals surface area contributed by atoms with Crippen LogP contribution < -0.4 is 40.2 Å². The van der Waals surface area contributed by atoms with Crippen LogP contribution in [0.3, 0.4) is 0 Å². The first kappa shape index (κ1) is 81.6. The summed E-state index contributed by atoms with van der Waals surface area (Å²) in [4.78, 5) is 179. The Morgan fingerprint density at radius 2 is 0.734 bits per heavy atom. The van der Waals surface area contributed by atoms with Crippen LogP contribution in [-0.4, -0.2) is 168 Å². The first-order valence-corrected chi connectivity index (χ1v) is 38.6. The standard InChI is InChI=1S/C24H21N3O7.C23H17N3O5.C22H16N4O5.C21H17N3O4/c1-32-15-5-3-13-11-27(22(30)16(13)8-15)12-24(10-20(28)26-23(24)31)19-9-17-18(34-19)6-4-14(25-17)7-21(29)33-2;1-30-16-4-3-14-11-26(21(28)17(14)8-16)12-23(9-20(27)25-22(23)29)19-7-15-6-13(10-24)2-5-18(15)31-19;1-30-14-4-2-12-10-26(20(28)15(12)6-14)11-22(8-19(27)25-21(22)29)18-7-16-17(31-18)5-3-13(9-23)24-16;1-28-16-7-4-14-11-24(19(26)17(14)8-16)12-21(9-18(25)23-20(21)27)15-5-2-13(10-22)3-6-15/h3-6,8-9H,7,10-12H2,1-2H3,(H,26,28,31);2-8H,9,11-12H2,1H3,(H,25,27,29);2-7H,8,10-11H2,1H3,(H,25,27,29);2-8H,9,11-12H2,1H3,(H,23,25,27)/t24-;23-;22-;21-/m1111/s1. The number of ether oxygens (including phenoxy) is 5. The molecule has 34 heteroatoms. The van der Waals surface area contributed by atoms with Crippen molar-refractivity contribution in [1.29, 1.82) is 15.8 Å². The molecule has 4 saturated heterocycles. The van der Waals surface area contributed by atoms with Crippen molar-refractivity contribution in [2.24, 2.45) is 0 Å². The maximum Gasteiger partial charge on any atom is 0.311 e. The maximum atomic E-state index is 13.1. The molecule has 4 N–H and O–H groups in total. The van der Waals surface area contributed by atoms with Gasteiger partial charge in [-0.1, -0.05) is 36.4 Å². The Hall–Kier alpha value is -16.2. The predicted molar refractivity (Wildman–Crippen MR) is 429 cm³/mol. The molecule has 8 aliphatic heterocycles. The van der Waals surface area contributed by atoms with Crippen molar-refractivity contribution in [2.45, 2.75) is 79.9 Å². The van der Waals surface area contributed by atoms with Gasteiger partial charge < -0.3 is 56.5 Å². The number of imide groups is 4. The van der Waals surface area contributed by atoms with E-state index in [4.69, 9.17) is 48.0 Å². The van der Waals surface area contributed by atoms with Gasteiger partial charge in [-0.15, -0.1) is 0 Å². The van der Waals surface area contributed by atoms with Gasteiger partial charge >= 0.3 is 5.97 Å². The highest BCUT2D eigenvalue weighted by molar-refractivity contribution is 6.13. The lowest BCUT2D eigenvalue weighted by atomic mass is 9.78. The van der Waals surface area contributed by atoms with E-state index in [1.54, 1.807) is 137 Å². The van der Waals surface area contributed by atoms with E-state index in [1.807, 2.05) is 36.4 Å². The zero-order valence-corrected chi connectivity index (χ0v) is 66.8. The molecule has 8 aliphatic rings. The fraction of sp³-hybridized carbons (Fsp3) is 0.244. The molecule has 19 rings (SSSR count). The number of carbonyl (C=O) groups is 13. The largest absolute Gasteiger partial charge is 0.497 e. The zero-order valence-electron chi connectivity index (χ0n) is 66.8. The first-order chi connectivity index (χ1) is 59.6. The Labute approximate surface area is 703 Å². The average molecular weight is 1670 g/mol. The molecule has 622 valence electrons. The number of fused-ring (bicyclic) bond motifs is 7. The summed E-state index contributed by atoms with van der Waals surface area (Å²) in [6.07, 6.45) is -0.493. The van der Waals surface area contributed by atoms with Crippen LogP contribution in [0.25, 0.3) is 33.2 Å². The molecule has 34 nitrogen and oxygen atoms in total. The maximum absolute atomic E-state index is 13.1. The molecular weight excluding hydrogens is 1600 g/mol. The second kappa shape index (κ2) is 32.2. The molecule has 0 aliphatic carbocycles. The molecule has 5 aromatic heterocycles. The van der Waals surface area contributed by atoms with E-state index in [-0.39, 0.29) is 105 Å². The smallest absolute Gasteiger partial charge is 0.311 e. The number of esters is 1. The van der Waals surface area contributed by atoms with E-state index in [0.717, 1.165) is 22.3 Å². The molecule has 13 heterocycles. The summed E-state index contributed by atoms with van der Waals surface area (Å²) in [5, 5.41) is 37.3. The van der Waals surface area contributed by atoms with Crippen molar-refractivity contribution in [3.8, 4) is 41.2 Å². The van der Waals surface area contributed by atoms with Crippen LogP contribution >= 0.6 is 0 Å². The van der Waals surface area contributed by atoms with E-state index < -0.39 is 69.0 Å². The first-order valence-electron chi connectivity index (χ1n) is 38.6. The van der Waals surface area contributed by atoms with Gasteiger partial charge in [0.1, 0.15) is 90.3 Å². The van der Waals surface area contributed by atoms with Gasteiger partial charge in [-0.05, 0) is 137 Å². The molecule has 0 bridgehead atoms. The number of methoxy groups -OCH3 is 5. The Bertz CT molecular complexity index is 6400. The van der Waals surface area contributed by atoms with Crippen molar-refractivity contribution in [3.63, 3.8) is 0 Å². The number of amides is 12. The van der Waals surface area contributed by atoms with Gasteiger partial charge in [0.25, 0.3) is 23.6 Å². The van der Waals surface area contributed by atoms with Crippen LogP contribution in [0.2, 0.25) is 0 Å². The Balaban J connectivity index is 0.000000122. The number of nitriles is 3. The van der Waals surface area contributed by atoms with Crippen LogP contribution in [-0.2, 0) is 102 Å². The fourth-order valence-electron chi connectivity index (χ4n) is 16.9. The van der Waals surface area contributed by atoms with Crippen LogP contribution in [0.5, 0.6) is 23.0 Å². The Kier molecular flexibility index (Phi) is 21.2. The van der Waals surface area contributed by atoms with Gasteiger partial charge in [0, 0.05) is 98.6 Å². The van der Waals surface area contributed by atoms with Crippen LogP contribution in [0, 0.1) is 34.0 Å². The van der Waals surface area contributed by atoms with Gasteiger partial charge in [0.15, 0.2) is 11.2 Å². The number of hydrogen-bond acceptors (Lipinski definition) is 26. The third-order valence-electron chi connectivity index (χ3n) is 23.3. The lowest BCUT2D eigenvalue weighted by Crippen LogP contribution is -2.46. The van der Waals surface area contributed by atoms with E-state index in [0.29, 0.717) is 133 Å². The normalized spacial score (nSPS) is 20.1. The van der Waals surface area contributed by atoms with Gasteiger partial charge in [-0.3, -0.25) is 83.6 Å². The summed E-state index contributed by atoms with van der Waals surface area (Å²) in [5.74, 6) is -2.01. The number of aromatic nitrogens is 2. The van der Waals surface area contributed by atoms with Crippen molar-refractivity contribution >= 4 is 110 Å². The predicted octanol–water partition coefficient (Wildman–Crippen LogP) is 6.90. The zero-order chi connectivity index (χ0) is 87.4. The summed E-state index contributed by atoms with van der Waals surface area (Å²) in [6.45, 7) is 1.26. The highest BCUT2D eigenvalue weighted by Crippen LogP contribution is 2.45. The van der Waals surface area contributed by atoms with Crippen LogP contribution in [0.15, 0.2) is 171 Å². The number of benzene rings is 6. The highest BCUT2D eigenvalue weighted by Gasteiger charge is 2.57. The lowest BCUT2D eigenvalue weighted by Gasteiger charge is -2.31. The number of hydrogen-bond donors (Lipinski definition) is 4. The number of furan rings is 3. The van der Waals surface area contributed by atoms with Crippen molar-refractivity contribution in [3.05, 3.63) is 248 Å². The lowest BCUT2D eigenvalue weighted by molar-refractivity contribution is -0.140. The molecular formula is C90H71N13O21. The highest BCUT2D eigenvalue weighted by atomic mass is 16.5. The van der Waals surface area contributed by atoms with E-state index in [2.05, 4.69) is 42.0 Å². The summed E-state index contributed by atoms with van der Waals surface area (Å²) >= 11 is 0. The molecule has 124 heavy (non-hydrogen) atoms. The van der Waals surface area contributed by atoms with Gasteiger partial charge in [0.05, 0.1) is 90.2 Å². The van der Waals surface area contributed by atoms with E-state index in [9.17, 15) is 62.3 Å². The van der Waals surface area contributed by atoms with Gasteiger partial charge in [-0.25, -0.2) is 9.97 Å². The third-order valence-corrected chi connectivity index (χ3v) is 23.3. The Morgan fingerprint density at radius 1 is 0.387 bits per heavy atom. The second-order valence-corrected chi connectivity index (χ2v) is 30.8. The molecule has 11 aromatic rings. The molecule has 12 amide bonds. The third kappa shape index (κ3) is 14.7. The van der Waals surface area contributed by atoms with Gasteiger partial charge in [0.2, 0.25) is 47.3 Å². The van der Waals surface area contributed by atoms with Crippen LogP contribution in [0.1, 0.15) is 135 Å². The quantitative estimate of drug-likeness (QED) is 0.0501. The summed E-state index contributed by atoms with van der Waals surface area (Å²) < 4.78 is 43.3. The minimum atomic E-state index is -1.40. The topological polar surface area (TPSA) is 466 Å². The van der Waals surface area contributed by atoms with Crippen molar-refractivity contribution < 1.29 is 99.3 Å². The summed E-state index contributed by atoms with van der Waals surface area (Å²) in [7, 11) is 7.41.